The number of carbonyl (C=O) groups excluding carboxylic acids is 11. The maximum absolute atomic E-state index is 15.6. The van der Waals surface area contributed by atoms with Crippen LogP contribution < -0.4 is 57.3 Å². The van der Waals surface area contributed by atoms with E-state index in [4.69, 9.17) is 33.2 Å². The smallest absolute Gasteiger partial charge is 0.437 e. The number of guanidine groups is 2. The summed E-state index contributed by atoms with van der Waals surface area (Å²) >= 11 is 1.27. The molecule has 8 rings (SSSR count). The molecule has 3 fully saturated rings. The van der Waals surface area contributed by atoms with Gasteiger partial charge in [0.05, 0.1) is 49.8 Å². The zero-order valence-electron chi connectivity index (χ0n) is 71.7. The molecule has 5 aromatic rings. The van der Waals surface area contributed by atoms with Crippen molar-refractivity contribution >= 4 is 89.0 Å². The zero-order chi connectivity index (χ0) is 91.5. The number of phenols is 1. The number of aliphatic hydroxyl groups is 6. The first-order chi connectivity index (χ1) is 58.1. The van der Waals surface area contributed by atoms with E-state index in [1.165, 1.54) is 42.5 Å². The quantitative estimate of drug-likeness (QED) is 0.0217. The fourth-order valence-corrected chi connectivity index (χ4v) is 13.8. The molecule has 13 atom stereocenters. The van der Waals surface area contributed by atoms with Crippen LogP contribution in [0.25, 0.3) is 32.3 Å². The van der Waals surface area contributed by atoms with Crippen molar-refractivity contribution in [2.45, 2.75) is 218 Å². The molecule has 0 spiro atoms. The minimum atomic E-state index is -2.29. The van der Waals surface area contributed by atoms with Crippen LogP contribution in [0, 0.1) is 5.92 Å². The number of rotatable bonds is 21. The number of ether oxygens (including phenoxy) is 7. The van der Waals surface area contributed by atoms with Crippen molar-refractivity contribution in [1.82, 2.24) is 67.8 Å². The maximum Gasteiger partial charge on any atom is 0.437 e. The van der Waals surface area contributed by atoms with E-state index in [9.17, 15) is 69.3 Å². The third-order valence-electron chi connectivity index (χ3n) is 18.7. The minimum Gasteiger partial charge on any atom is -0.504 e. The molecule has 3 aliphatic heterocycles. The van der Waals surface area contributed by atoms with E-state index >= 15 is 19.2 Å². The summed E-state index contributed by atoms with van der Waals surface area (Å²) in [7, 11) is 1.59. The number of nitrogens with one attached hydrogen (secondary N) is 9. The Kier molecular flexibility index (Phi) is 33.9. The molecule has 11 amide bonds. The van der Waals surface area contributed by atoms with Crippen LogP contribution in [-0.2, 0) is 58.9 Å². The number of β-amino-alcohol motifs (C(OH)–C–C–N with tert-alkyl or cyclic N) is 1. The van der Waals surface area contributed by atoms with E-state index in [0.717, 1.165) is 39.5 Å². The normalized spacial score (nSPS) is 21.9. The molecule has 4 heterocycles. The number of nitrogens with zero attached hydrogens (tertiary/aromatic N) is 6. The second-order valence-corrected chi connectivity index (χ2v) is 34.8. The molecule has 1 unspecified atom stereocenters. The molecule has 0 aliphatic carbocycles. The number of aliphatic imine (C=N–C) groups is 2. The summed E-state index contributed by atoms with van der Waals surface area (Å²) in [5, 5.41) is 115. The SMILES string of the molecule is COCCOc1ccc(-c2ccc(-c3nnc(-c4ccc(C(=O)NC5C[C@@H](O)CNC(=O)[C@@H]6[C@@H](O)[C@@H](C)CN6C(=O)[C@H]([C@H](O)CCN/C(=N\C(=O)OC(C)(C)C)NC(=O)OC(C)(C)C)NC(=O)[C@H]([C@H](O)Cc6ccc(O)c(OCCN/C(=N\C(=O)OC(C)(C)C)NC(=O)OC(C)(C)C)c6)NC(=O)[C@@H]6C[C@@H](O)CN6C(=O)[C@H]([C@@H](C)O)NC5=O)cc4)s3)cc2)cc1. The Hall–Kier alpha value is -11.7. The Morgan fingerprint density at radius 3 is 1.64 bits per heavy atom. The number of amides is 11. The van der Waals surface area contributed by atoms with Crippen LogP contribution in [0.4, 0.5) is 19.2 Å². The second kappa shape index (κ2) is 43.1. The number of alkyl carbamates (subject to hydrolysis) is 2. The highest BCUT2D eigenvalue weighted by molar-refractivity contribution is 7.17. The highest BCUT2D eigenvalue weighted by Crippen LogP contribution is 2.34. The maximum atomic E-state index is 15.6. The number of hydrogen-bond acceptors (Lipinski definition) is 28. The van der Waals surface area contributed by atoms with Crippen LogP contribution in [0.3, 0.4) is 0 Å². The van der Waals surface area contributed by atoms with Gasteiger partial charge in [-0.15, -0.1) is 20.2 Å². The average Bonchev–Trinajstić information content (AvgIpc) is 1.60. The van der Waals surface area contributed by atoms with Crippen molar-refractivity contribution in [2.75, 3.05) is 59.7 Å². The Balaban J connectivity index is 1.11. The lowest BCUT2D eigenvalue weighted by Gasteiger charge is -2.34. The van der Waals surface area contributed by atoms with Gasteiger partial charge in [-0.1, -0.05) is 72.9 Å². The lowest BCUT2D eigenvalue weighted by Crippen LogP contribution is -2.64. The molecule has 676 valence electrons. The number of methoxy groups -OCH3 is 1. The highest BCUT2D eigenvalue weighted by Gasteiger charge is 2.50. The Morgan fingerprint density at radius 2 is 1.09 bits per heavy atom. The van der Waals surface area contributed by atoms with Crippen molar-refractivity contribution in [3.8, 4) is 49.5 Å². The molecule has 3 aliphatic rings. The third-order valence-corrected chi connectivity index (χ3v) is 19.7. The summed E-state index contributed by atoms with van der Waals surface area (Å²) < 4.78 is 37.9. The summed E-state index contributed by atoms with van der Waals surface area (Å²) in [4.78, 5) is 166. The molecule has 124 heavy (non-hydrogen) atoms. The van der Waals surface area contributed by atoms with E-state index in [2.05, 4.69) is 68.0 Å². The highest BCUT2D eigenvalue weighted by atomic mass is 32.1. The van der Waals surface area contributed by atoms with E-state index in [0.29, 0.717) is 34.5 Å². The fraction of sp³-hybridized carbons (Fsp3) is 0.530. The molecule has 41 heteroatoms. The summed E-state index contributed by atoms with van der Waals surface area (Å²) in [6.07, 6.45) is -18.2. The molecular formula is C83H113N15O25S. The van der Waals surface area contributed by atoms with Gasteiger partial charge in [-0.05, 0) is 150 Å². The minimum absolute atomic E-state index is 0.0314. The molecule has 40 nitrogen and oxygen atoms in total. The molecule has 1 aromatic heterocycles. The molecule has 3 saturated heterocycles. The van der Waals surface area contributed by atoms with Crippen LogP contribution >= 0.6 is 11.3 Å². The molecular weight excluding hydrogens is 1640 g/mol. The number of aromatic hydroxyl groups is 1. The van der Waals surface area contributed by atoms with Gasteiger partial charge in [0.2, 0.25) is 47.4 Å². The van der Waals surface area contributed by atoms with Gasteiger partial charge in [-0.25, -0.2) is 19.2 Å². The number of fused-ring (bicyclic) bond motifs is 2. The van der Waals surface area contributed by atoms with Crippen molar-refractivity contribution < 1.29 is 122 Å². The van der Waals surface area contributed by atoms with Gasteiger partial charge in [0.1, 0.15) is 87.6 Å². The summed E-state index contributed by atoms with van der Waals surface area (Å²) in [5.74, 6) is -10.5. The first-order valence-electron chi connectivity index (χ1n) is 40.1. The molecule has 0 saturated carbocycles. The number of phenolic OH excluding ortho intramolecular Hbond substituents is 1. The van der Waals surface area contributed by atoms with Crippen LogP contribution in [0.1, 0.15) is 132 Å². The molecule has 0 bridgehead atoms. The molecule has 0 radical (unpaired) electrons. The van der Waals surface area contributed by atoms with E-state index in [1.807, 2.05) is 48.5 Å². The third kappa shape index (κ3) is 29.5. The van der Waals surface area contributed by atoms with E-state index < -0.39 is 236 Å². The van der Waals surface area contributed by atoms with Crippen molar-refractivity contribution in [1.29, 1.82) is 0 Å². The standard InChI is InChI=1S/C83H113N15O25S/c1-43-41-98-63(64(43)105)69(110)86-40-51(100)38-54(87-65(106)48-19-23-50(24-20-48)71-96-95-70(124-71)49-21-17-46(18-22-49)47-25-27-53(28-26-47)118-35-34-117-15)66(107)88-60(44(2)99)72(111)97-42-52(101)39-55(97)67(108)89-61(68(109)90-62(73(98)112)57(103)30-31-84-74(91-76(113)120-80(3,4)5)92-77(114)121-81(6,7)8)58(104)36-45-16-29-56(102)59(37-45)119-33-32-85-75(93-78(115)122-82(9,10)11)94-79(116)123-83(12,13)14/h16-29,37,43-44,51-52,54-55,57-58,60-64,99-105H,30-36,38-42H2,1-15H3,(H,86,110)(H,87,106)(H,88,107)(H,89,108)(H,90,109)(H2,84,91,92,113,114)(H2,85,93,94,115,116)/t43-,44+,51+,52+,54?,55-,57+,58+,60-,61-,62-,63-,64-/m0/s1. The van der Waals surface area contributed by atoms with Gasteiger partial charge in [0.15, 0.2) is 11.5 Å². The van der Waals surface area contributed by atoms with Gasteiger partial charge in [-0.2, -0.15) is 0 Å². The van der Waals surface area contributed by atoms with E-state index in [1.54, 1.807) is 102 Å². The first-order valence-corrected chi connectivity index (χ1v) is 40.9. The Morgan fingerprint density at radius 1 is 0.573 bits per heavy atom. The van der Waals surface area contributed by atoms with Crippen LogP contribution in [0.15, 0.2) is 101 Å². The summed E-state index contributed by atoms with van der Waals surface area (Å²) in [6.45, 7) is 19.3. The predicted octanol–water partition coefficient (Wildman–Crippen LogP) is 2.80. The van der Waals surface area contributed by atoms with Crippen molar-refractivity contribution in [3.05, 3.63) is 102 Å². The molecule has 16 N–H and O–H groups in total. The van der Waals surface area contributed by atoms with Crippen molar-refractivity contribution in [2.24, 2.45) is 15.9 Å². The summed E-state index contributed by atoms with van der Waals surface area (Å²) in [6, 6.07) is 12.8. The van der Waals surface area contributed by atoms with E-state index in [-0.39, 0.29) is 30.0 Å². The Labute approximate surface area is 720 Å². The lowest BCUT2D eigenvalue weighted by atomic mass is 9.98. The van der Waals surface area contributed by atoms with Crippen LogP contribution in [0.5, 0.6) is 17.2 Å². The number of hydrogen-bond donors (Lipinski definition) is 16. The number of aliphatic hydroxyl groups excluding tert-OH is 6. The van der Waals surface area contributed by atoms with Gasteiger partial charge < -0.3 is 116 Å². The van der Waals surface area contributed by atoms with Crippen LogP contribution in [-0.4, -0.2) is 288 Å². The first kappa shape index (κ1) is 97.7. The zero-order valence-corrected chi connectivity index (χ0v) is 72.5. The van der Waals surface area contributed by atoms with Crippen molar-refractivity contribution in [3.63, 3.8) is 0 Å². The predicted molar refractivity (Wildman–Crippen MR) is 449 cm³/mol. The fourth-order valence-electron chi connectivity index (χ4n) is 12.9. The lowest BCUT2D eigenvalue weighted by molar-refractivity contribution is -0.147. The molecule has 4 aromatic carbocycles. The number of carbonyl (C=O) groups is 11. The topological polar surface area (TPSA) is 559 Å². The summed E-state index contributed by atoms with van der Waals surface area (Å²) in [5.41, 5.74) is -0.871. The van der Waals surface area contributed by atoms with Gasteiger partial charge in [0, 0.05) is 75.2 Å². The Bertz CT molecular complexity index is 4640. The van der Waals surface area contributed by atoms with Crippen LogP contribution in [0.2, 0.25) is 0 Å². The second-order valence-electron chi connectivity index (χ2n) is 33.9. The monoisotopic (exact) mass is 1750 g/mol. The number of benzene rings is 4. The number of aromatic nitrogens is 2. The largest absolute Gasteiger partial charge is 0.504 e. The van der Waals surface area contributed by atoms with Gasteiger partial charge in [0.25, 0.3) is 5.91 Å². The average molecular weight is 1750 g/mol. The van der Waals surface area contributed by atoms with Gasteiger partial charge in [-0.3, -0.25) is 44.2 Å². The van der Waals surface area contributed by atoms with Gasteiger partial charge >= 0.3 is 24.4 Å².